The summed E-state index contributed by atoms with van der Waals surface area (Å²) in [5.41, 5.74) is 0. The van der Waals surface area contributed by atoms with Crippen molar-refractivity contribution >= 4 is 5.91 Å². The van der Waals surface area contributed by atoms with E-state index in [9.17, 15) is 9.90 Å². The van der Waals surface area contributed by atoms with Gasteiger partial charge in [0.25, 0.3) is 5.91 Å². The second-order valence-corrected chi connectivity index (χ2v) is 13.8. The van der Waals surface area contributed by atoms with Gasteiger partial charge in [0, 0.05) is 87.5 Å². The highest BCUT2D eigenvalue weighted by atomic mass is 16.7. The lowest BCUT2D eigenvalue weighted by atomic mass is 9.75. The lowest BCUT2D eigenvalue weighted by Gasteiger charge is -2.44. The molecular formula is C57H105NO4. The highest BCUT2D eigenvalue weighted by Gasteiger charge is 2.42. The van der Waals surface area contributed by atoms with E-state index in [1.807, 2.05) is 12.2 Å². The van der Waals surface area contributed by atoms with E-state index >= 15 is 0 Å². The molecule has 1 rings (SSSR count). The number of aliphatic hydroxyl groups is 1. The average molecular weight is 868 g/mol. The highest BCUT2D eigenvalue weighted by molar-refractivity contribution is 5.94. The van der Waals surface area contributed by atoms with Crippen LogP contribution in [-0.2, 0) is 14.3 Å². The van der Waals surface area contributed by atoms with E-state index in [2.05, 4.69) is 181 Å². The zero-order chi connectivity index (χ0) is 45.1. The number of aliphatic hydroxyl groups excluding tert-OH is 1. The second-order valence-electron chi connectivity index (χ2n) is 13.8. The smallest absolute Gasteiger partial charge is 0.297 e. The Hall–Kier alpha value is -6.97. The van der Waals surface area contributed by atoms with E-state index in [1.54, 1.807) is 19.1 Å². The maximum Gasteiger partial charge on any atom is 0.297 e. The summed E-state index contributed by atoms with van der Waals surface area (Å²) in [5, 5.41) is 14.1. The topological polar surface area (TPSA) is 67.8 Å². The minimum atomic E-state index is -0.865. The van der Waals surface area contributed by atoms with Gasteiger partial charge in [0.1, 0.15) is 0 Å². The Morgan fingerprint density at radius 2 is 1.02 bits per heavy atom. The van der Waals surface area contributed by atoms with Crippen molar-refractivity contribution in [1.82, 2.24) is 5.32 Å². The second kappa shape index (κ2) is 38.2. The van der Waals surface area contributed by atoms with E-state index in [4.69, 9.17) is 9.47 Å². The predicted octanol–water partition coefficient (Wildman–Crippen LogP) is 13.6. The summed E-state index contributed by atoms with van der Waals surface area (Å²) < 4.78 is 12.7. The molecule has 62 heavy (non-hydrogen) atoms. The van der Waals surface area contributed by atoms with Crippen LogP contribution in [0.3, 0.4) is 0 Å². The number of carbonyl (C=O) groups excluding carboxylic acids is 1. The van der Waals surface area contributed by atoms with Crippen molar-refractivity contribution in [3.8, 4) is 142 Å². The van der Waals surface area contributed by atoms with Crippen LogP contribution in [0.2, 0.25) is 0 Å². The number of amides is 1. The van der Waals surface area contributed by atoms with Crippen LogP contribution in [0.25, 0.3) is 0 Å². The molecule has 0 aromatic carbocycles. The highest BCUT2D eigenvalue weighted by Crippen LogP contribution is 2.39. The molecule has 0 aliphatic carbocycles. The zero-order valence-electron chi connectivity index (χ0n) is 36.5. The van der Waals surface area contributed by atoms with E-state index in [1.165, 1.54) is 57.8 Å². The molecule has 7 atom stereocenters. The molecule has 0 radical (unpaired) electrons. The van der Waals surface area contributed by atoms with Crippen molar-refractivity contribution in [3.05, 3.63) is 50.6 Å². The molecule has 0 aromatic heterocycles. The first kappa shape index (κ1) is 53.0. The van der Waals surface area contributed by atoms with Gasteiger partial charge in [-0.05, 0) is 120 Å². The number of ether oxygens (including phenoxy) is 2. The summed E-state index contributed by atoms with van der Waals surface area (Å²) >= 11 is 0. The molecular weight excluding hydrogens is 763 g/mol. The molecule has 5 nitrogen and oxygen atoms in total. The van der Waals surface area contributed by atoms with Gasteiger partial charge in [0.2, 0.25) is 0 Å². The van der Waals surface area contributed by atoms with Gasteiger partial charge < -0.3 is 19.9 Å². The quantitative estimate of drug-likeness (QED) is 0.0610. The Balaban J connectivity index is -0.0000000728. The molecule has 362 valence electrons. The Bertz CT molecular complexity index is 2350. The third kappa shape index (κ3) is 26.2. The fraction of sp³-hybridized carbons (Fsp3) is 0.421. The first-order valence-corrected chi connectivity index (χ1v) is 21.1. The zero-order valence-corrected chi connectivity index (χ0v) is 36.5. The van der Waals surface area contributed by atoms with Gasteiger partial charge in [-0.2, -0.15) is 0 Å². The molecule has 0 saturated carbocycles. The van der Waals surface area contributed by atoms with Crippen molar-refractivity contribution in [2.24, 2.45) is 17.8 Å². The fourth-order valence-electron chi connectivity index (χ4n) is 6.28. The van der Waals surface area contributed by atoms with Crippen LogP contribution in [0.4, 0.5) is 0 Å². The van der Waals surface area contributed by atoms with Crippen molar-refractivity contribution in [2.45, 2.75) is 128 Å². The molecule has 2 N–H and O–H groups in total. The number of carbonyl (C=O) groups is 1. The van der Waals surface area contributed by atoms with Crippen molar-refractivity contribution < 1.29 is 53.6 Å². The summed E-state index contributed by atoms with van der Waals surface area (Å²) in [7, 11) is 0. The largest absolute Gasteiger partial charge is 0.391 e. The molecule has 0 spiro atoms. The van der Waals surface area contributed by atoms with Crippen LogP contribution in [0.15, 0.2) is 50.6 Å². The monoisotopic (exact) mass is 868 g/mol. The minimum Gasteiger partial charge on any atom is -0.391 e. The summed E-state index contributed by atoms with van der Waals surface area (Å²) in [6, 6.07) is -0.742. The minimum absolute atomic E-state index is 0. The van der Waals surface area contributed by atoms with Crippen LogP contribution >= 0.6 is 0 Å². The van der Waals surface area contributed by atoms with Gasteiger partial charge in [0.15, 0.2) is 6.29 Å². The Morgan fingerprint density at radius 3 is 1.42 bits per heavy atom. The first-order valence-electron chi connectivity index (χ1n) is 21.1. The molecule has 0 aromatic rings. The Morgan fingerprint density at radius 1 is 0.613 bits per heavy atom. The Labute approximate surface area is 410 Å². The van der Waals surface area contributed by atoms with Gasteiger partial charge in [-0.25, -0.2) is 0 Å². The van der Waals surface area contributed by atoms with Crippen LogP contribution in [0, 0.1) is 160 Å². The van der Waals surface area contributed by atoms with E-state index in [-0.39, 0.29) is 64.7 Å². The fourth-order valence-corrected chi connectivity index (χ4v) is 6.28. The van der Waals surface area contributed by atoms with Crippen LogP contribution in [-0.4, -0.2) is 42.2 Å². The molecule has 1 aliphatic rings. The first-order chi connectivity index (χ1) is 30.5. The third-order valence-corrected chi connectivity index (χ3v) is 9.34. The van der Waals surface area contributed by atoms with Gasteiger partial charge in [0.05, 0.1) is 24.9 Å². The van der Waals surface area contributed by atoms with Crippen molar-refractivity contribution in [1.29, 1.82) is 0 Å². The standard InChI is InChI=1S/C57H57NO4.24H2/c1-7-13-15-17-19-21-23-25-26-27-28-29-30-31-32-33-34-35-37-39-41-43-45-48-56(60)58-53(54(59)47-44-42-40-38-36-24-22-20-18-16-14-8-2)49-61-57-52(12-6)50(10-4)51(11-5)55(62-57)46-9-3;;;;;;;;;;;;;;;;;;;;;;;;/h9-12,50-55,57,59H,3-6,8,14,16,18,20,22,24,36,38,40,42,44,46-47,49H2,1-2H3,(H,58,60);24*1H/t50?,51-,52+,53+,54-,55?,57+;;;;;;;;;;;;;;;;;;;;;;;;/m1......................../s1. The molecule has 1 heterocycles. The lowest BCUT2D eigenvalue weighted by molar-refractivity contribution is -0.236. The van der Waals surface area contributed by atoms with E-state index < -0.39 is 24.3 Å². The Kier molecular flexibility index (Phi) is 32.7. The van der Waals surface area contributed by atoms with E-state index in [0.717, 1.165) is 19.3 Å². The van der Waals surface area contributed by atoms with Crippen LogP contribution in [0.5, 0.6) is 0 Å². The maximum absolute atomic E-state index is 12.9. The number of nitrogens with one attached hydrogen (secondary N) is 1. The number of unbranched alkanes of at least 4 members (excludes halogenated alkanes) is 11. The van der Waals surface area contributed by atoms with Crippen LogP contribution < -0.4 is 5.32 Å². The summed E-state index contributed by atoms with van der Waals surface area (Å²) in [6.07, 6.45) is 21.3. The average Bonchev–Trinajstić information content (AvgIpc) is 3.28. The van der Waals surface area contributed by atoms with Crippen LogP contribution in [0.1, 0.15) is 138 Å². The number of hydrogen-bond acceptors (Lipinski definition) is 4. The number of hydrogen-bond donors (Lipinski definition) is 2. The van der Waals surface area contributed by atoms with E-state index in [0.29, 0.717) is 12.8 Å². The summed E-state index contributed by atoms with van der Waals surface area (Å²) in [5.74, 6) is 59.8. The van der Waals surface area contributed by atoms with Gasteiger partial charge in [-0.1, -0.05) is 114 Å². The molecule has 1 fully saturated rings. The van der Waals surface area contributed by atoms with Gasteiger partial charge >= 0.3 is 0 Å². The molecule has 0 bridgehead atoms. The molecule has 2 unspecified atom stereocenters. The molecule has 1 saturated heterocycles. The van der Waals surface area contributed by atoms with Gasteiger partial charge in [-0.15, -0.1) is 26.3 Å². The maximum atomic E-state index is 12.9. The molecule has 1 aliphatic heterocycles. The summed E-state index contributed by atoms with van der Waals surface area (Å²) in [4.78, 5) is 12.9. The van der Waals surface area contributed by atoms with Crippen molar-refractivity contribution in [3.63, 3.8) is 0 Å². The van der Waals surface area contributed by atoms with Gasteiger partial charge in [-0.3, -0.25) is 4.79 Å². The molecule has 5 heteroatoms. The lowest BCUT2D eigenvalue weighted by Crippen LogP contribution is -2.50. The SMILES string of the molecule is C=CCC1O[C@H](OC[C@H](NC(=O)C#CC#CC#CC#CC#CC#CC#CC#CC#CC#CC#CC#CC)[C@H](O)CCCCCCCCCCCCCC)[C@@H](C=C)C(C=C)[C@H]1C=C.[HH].[HH].[HH].[HH].[HH].[HH].[HH].[HH].[HH].[HH].[HH].[HH].[HH].[HH].[HH].[HH].[HH].[HH].[HH].[HH].[HH].[HH].[HH].[HH]. The normalized spacial score (nSPS) is 16.7. The number of allylic oxidation sites excluding steroid dienone is 1. The molecule has 1 amide bonds. The predicted molar refractivity (Wildman–Crippen MR) is 304 cm³/mol. The van der Waals surface area contributed by atoms with Crippen molar-refractivity contribution in [2.75, 3.05) is 6.61 Å². The number of rotatable bonds is 23. The third-order valence-electron chi connectivity index (χ3n) is 9.34. The summed E-state index contributed by atoms with van der Waals surface area (Å²) in [6.45, 7) is 19.9.